The zero-order chi connectivity index (χ0) is 16.4. The fourth-order valence-electron chi connectivity index (χ4n) is 2.48. The van der Waals surface area contributed by atoms with Gasteiger partial charge in [0.1, 0.15) is 0 Å². The third-order valence-corrected chi connectivity index (χ3v) is 3.73. The zero-order valence-electron chi connectivity index (χ0n) is 13.4. The van der Waals surface area contributed by atoms with Crippen LogP contribution >= 0.6 is 0 Å². The van der Waals surface area contributed by atoms with Gasteiger partial charge < -0.3 is 4.74 Å². The van der Waals surface area contributed by atoms with E-state index in [0.717, 1.165) is 27.7 Å². The lowest BCUT2D eigenvalue weighted by molar-refractivity contribution is 0.187. The number of fused-ring (bicyclic) bond motifs is 1. The lowest BCUT2D eigenvalue weighted by Gasteiger charge is -2.11. The molecule has 0 bridgehead atoms. The molecule has 3 rings (SSSR count). The number of carbonyl (C=O) groups excluding carboxylic acids is 1. The number of hydrogen-bond acceptors (Lipinski definition) is 3. The third-order valence-electron chi connectivity index (χ3n) is 3.73. The second-order valence-corrected chi connectivity index (χ2v) is 5.56. The zero-order valence-corrected chi connectivity index (χ0v) is 13.4. The minimum Gasteiger partial charge on any atom is -0.453 e. The largest absolute Gasteiger partial charge is 0.453 e. The number of nitrogens with zero attached hydrogens (tertiary/aromatic N) is 1. The van der Waals surface area contributed by atoms with Crippen LogP contribution < -0.4 is 5.32 Å². The molecule has 116 valence electrons. The van der Waals surface area contributed by atoms with Gasteiger partial charge in [-0.2, -0.15) is 0 Å². The van der Waals surface area contributed by atoms with Crippen molar-refractivity contribution in [2.45, 2.75) is 13.8 Å². The first-order valence-corrected chi connectivity index (χ1v) is 7.40. The van der Waals surface area contributed by atoms with Gasteiger partial charge in [0, 0.05) is 10.9 Å². The molecule has 1 N–H and O–H groups in total. The van der Waals surface area contributed by atoms with Crippen molar-refractivity contribution in [2.24, 2.45) is 0 Å². The summed E-state index contributed by atoms with van der Waals surface area (Å²) < 4.78 is 4.72. The molecule has 1 aromatic heterocycles. The van der Waals surface area contributed by atoms with E-state index in [0.29, 0.717) is 5.69 Å². The van der Waals surface area contributed by atoms with Gasteiger partial charge in [0.2, 0.25) is 0 Å². The van der Waals surface area contributed by atoms with Gasteiger partial charge in [-0.05, 0) is 32.0 Å². The molecule has 2 aromatic carbocycles. The lowest BCUT2D eigenvalue weighted by atomic mass is 10.1. The number of amides is 1. The number of anilines is 1. The lowest BCUT2D eigenvalue weighted by Crippen LogP contribution is -2.11. The van der Waals surface area contributed by atoms with E-state index in [1.807, 2.05) is 62.4 Å². The van der Waals surface area contributed by atoms with Gasteiger partial charge in [-0.3, -0.25) is 5.32 Å². The molecule has 0 spiro atoms. The van der Waals surface area contributed by atoms with Crippen molar-refractivity contribution in [1.82, 2.24) is 4.98 Å². The predicted octanol–water partition coefficient (Wildman–Crippen LogP) is 4.70. The Morgan fingerprint density at radius 1 is 1.00 bits per heavy atom. The van der Waals surface area contributed by atoms with E-state index in [9.17, 15) is 4.79 Å². The van der Waals surface area contributed by atoms with Gasteiger partial charge >= 0.3 is 6.09 Å². The summed E-state index contributed by atoms with van der Waals surface area (Å²) in [4.78, 5) is 16.4. The monoisotopic (exact) mass is 306 g/mol. The molecule has 0 saturated heterocycles. The van der Waals surface area contributed by atoms with Crippen LogP contribution in [0, 0.1) is 13.8 Å². The van der Waals surface area contributed by atoms with Gasteiger partial charge in [-0.1, -0.05) is 41.5 Å². The topological polar surface area (TPSA) is 51.2 Å². The number of nitrogens with one attached hydrogen (secondary N) is 1. The first-order valence-electron chi connectivity index (χ1n) is 7.40. The highest BCUT2D eigenvalue weighted by molar-refractivity contribution is 6.00. The molecule has 0 radical (unpaired) electrons. The summed E-state index contributed by atoms with van der Waals surface area (Å²) in [5.41, 5.74) is 5.65. The van der Waals surface area contributed by atoms with Crippen molar-refractivity contribution in [3.05, 3.63) is 59.7 Å². The molecule has 0 aliphatic rings. The maximum atomic E-state index is 11.6. The Morgan fingerprint density at radius 3 is 2.39 bits per heavy atom. The summed E-state index contributed by atoms with van der Waals surface area (Å²) in [6.45, 7) is 4.06. The number of aryl methyl sites for hydroxylation is 2. The maximum absolute atomic E-state index is 11.6. The first-order chi connectivity index (χ1) is 11.1. The van der Waals surface area contributed by atoms with E-state index in [2.05, 4.69) is 5.32 Å². The number of carbonyl (C=O) groups is 1. The van der Waals surface area contributed by atoms with Crippen LogP contribution in [0.15, 0.2) is 48.5 Å². The molecule has 0 saturated carbocycles. The smallest absolute Gasteiger partial charge is 0.411 e. The van der Waals surface area contributed by atoms with Crippen LogP contribution in [-0.2, 0) is 4.74 Å². The van der Waals surface area contributed by atoms with Crippen molar-refractivity contribution in [1.29, 1.82) is 0 Å². The van der Waals surface area contributed by atoms with E-state index in [4.69, 9.17) is 9.72 Å². The number of aromatic nitrogens is 1. The molecule has 4 heteroatoms. The molecule has 0 atom stereocenters. The van der Waals surface area contributed by atoms with E-state index < -0.39 is 6.09 Å². The Morgan fingerprint density at radius 2 is 1.70 bits per heavy atom. The van der Waals surface area contributed by atoms with Crippen LogP contribution in [0.3, 0.4) is 0 Å². The number of methoxy groups -OCH3 is 1. The van der Waals surface area contributed by atoms with E-state index >= 15 is 0 Å². The molecular formula is C19H18N2O2. The van der Waals surface area contributed by atoms with Crippen LogP contribution in [0.1, 0.15) is 11.1 Å². The Labute approximate surface area is 135 Å². The Bertz CT molecular complexity index is 870. The van der Waals surface area contributed by atoms with Crippen LogP contribution in [0.2, 0.25) is 0 Å². The number of ether oxygens (including phenoxy) is 1. The number of hydrogen-bond donors (Lipinski definition) is 1. The SMILES string of the molecule is COC(=O)Nc1cc(-c2ccc(C)cc2)nc2ccc(C)cc12. The second kappa shape index (κ2) is 6.08. The molecule has 0 fully saturated rings. The molecule has 0 aliphatic carbocycles. The summed E-state index contributed by atoms with van der Waals surface area (Å²) in [6, 6.07) is 16.0. The van der Waals surface area contributed by atoms with Crippen molar-refractivity contribution in [2.75, 3.05) is 12.4 Å². The predicted molar refractivity (Wildman–Crippen MR) is 92.7 cm³/mol. The maximum Gasteiger partial charge on any atom is 0.411 e. The fourth-order valence-corrected chi connectivity index (χ4v) is 2.48. The minimum atomic E-state index is -0.492. The van der Waals surface area contributed by atoms with Crippen molar-refractivity contribution >= 4 is 22.7 Å². The van der Waals surface area contributed by atoms with Gasteiger partial charge in [0.25, 0.3) is 0 Å². The van der Waals surface area contributed by atoms with E-state index in [1.165, 1.54) is 12.7 Å². The van der Waals surface area contributed by atoms with E-state index in [-0.39, 0.29) is 0 Å². The average Bonchev–Trinajstić information content (AvgIpc) is 2.55. The molecule has 4 nitrogen and oxygen atoms in total. The molecule has 1 amide bonds. The average molecular weight is 306 g/mol. The molecule has 23 heavy (non-hydrogen) atoms. The molecular weight excluding hydrogens is 288 g/mol. The van der Waals surface area contributed by atoms with Crippen LogP contribution in [0.25, 0.3) is 22.2 Å². The summed E-state index contributed by atoms with van der Waals surface area (Å²) in [7, 11) is 1.35. The van der Waals surface area contributed by atoms with Gasteiger partial charge in [-0.15, -0.1) is 0 Å². The van der Waals surface area contributed by atoms with Crippen LogP contribution in [0.4, 0.5) is 10.5 Å². The highest BCUT2D eigenvalue weighted by atomic mass is 16.5. The highest BCUT2D eigenvalue weighted by Crippen LogP contribution is 2.29. The van der Waals surface area contributed by atoms with Crippen LogP contribution in [0.5, 0.6) is 0 Å². The summed E-state index contributed by atoms with van der Waals surface area (Å²) in [5, 5.41) is 3.68. The first kappa shape index (κ1) is 15.0. The van der Waals surface area contributed by atoms with Crippen molar-refractivity contribution in [3.63, 3.8) is 0 Å². The van der Waals surface area contributed by atoms with Gasteiger partial charge in [0.15, 0.2) is 0 Å². The van der Waals surface area contributed by atoms with Gasteiger partial charge in [0.05, 0.1) is 24.0 Å². The number of benzene rings is 2. The normalized spacial score (nSPS) is 10.6. The second-order valence-electron chi connectivity index (χ2n) is 5.56. The number of rotatable bonds is 2. The molecule has 1 heterocycles. The van der Waals surface area contributed by atoms with Crippen molar-refractivity contribution in [3.8, 4) is 11.3 Å². The summed E-state index contributed by atoms with van der Waals surface area (Å²) >= 11 is 0. The fraction of sp³-hybridized carbons (Fsp3) is 0.158. The van der Waals surface area contributed by atoms with Crippen molar-refractivity contribution < 1.29 is 9.53 Å². The standard InChI is InChI=1S/C19H18N2O2/c1-12-4-7-14(8-5-12)17-11-18(21-19(22)23-3)15-10-13(2)6-9-16(15)20-17/h4-11H,1-3H3,(H,20,21,22). The van der Waals surface area contributed by atoms with E-state index in [1.54, 1.807) is 0 Å². The van der Waals surface area contributed by atoms with Gasteiger partial charge in [-0.25, -0.2) is 9.78 Å². The third kappa shape index (κ3) is 3.16. The highest BCUT2D eigenvalue weighted by Gasteiger charge is 2.10. The molecule has 3 aromatic rings. The Balaban J connectivity index is 2.18. The van der Waals surface area contributed by atoms with Crippen LogP contribution in [-0.4, -0.2) is 18.2 Å². The summed E-state index contributed by atoms with van der Waals surface area (Å²) in [5.74, 6) is 0. The summed E-state index contributed by atoms with van der Waals surface area (Å²) in [6.07, 6.45) is -0.492. The molecule has 0 unspecified atom stereocenters. The Hall–Kier alpha value is -2.88. The Kier molecular flexibility index (Phi) is 3.98. The number of pyridine rings is 1. The minimum absolute atomic E-state index is 0.492. The quantitative estimate of drug-likeness (QED) is 0.746. The molecule has 0 aliphatic heterocycles.